The molecular weight excluding hydrogens is 282 g/mol. The molecule has 0 amide bonds. The lowest BCUT2D eigenvalue weighted by Crippen LogP contribution is -2.35. The Morgan fingerprint density at radius 2 is 2.10 bits per heavy atom. The van der Waals surface area contributed by atoms with E-state index in [1.165, 1.54) is 23.5 Å². The molecule has 1 aromatic rings. The normalized spacial score (nSPS) is 12.1. The molecule has 0 spiro atoms. The van der Waals surface area contributed by atoms with Gasteiger partial charge in [0.1, 0.15) is 0 Å². The number of anilines is 1. The first-order chi connectivity index (χ1) is 9.31. The molecule has 1 heterocycles. The Morgan fingerprint density at radius 1 is 1.40 bits per heavy atom. The average Bonchev–Trinajstić information content (AvgIpc) is 2.36. The standard InChI is InChI=1S/C11H21N5O3S/c1-9(2)12-7-4-8-16(3)20(18,19)15-10-5-6-11(17)14-13-10/h5-6,9,12H,4,7-8H2,1-3H3,(H,13,15)(H,14,17). The summed E-state index contributed by atoms with van der Waals surface area (Å²) in [5.74, 6) is 0.0803. The zero-order valence-corrected chi connectivity index (χ0v) is 12.7. The molecule has 114 valence electrons. The second-order valence-electron chi connectivity index (χ2n) is 4.70. The van der Waals surface area contributed by atoms with Gasteiger partial charge in [-0.25, -0.2) is 5.10 Å². The van der Waals surface area contributed by atoms with Crippen LogP contribution in [0.3, 0.4) is 0 Å². The molecule has 3 N–H and O–H groups in total. The second-order valence-corrected chi connectivity index (χ2v) is 6.48. The molecule has 0 bridgehead atoms. The van der Waals surface area contributed by atoms with Crippen molar-refractivity contribution >= 4 is 16.0 Å². The van der Waals surface area contributed by atoms with Crippen LogP contribution in [-0.2, 0) is 10.2 Å². The summed E-state index contributed by atoms with van der Waals surface area (Å²) in [7, 11) is -2.17. The van der Waals surface area contributed by atoms with Gasteiger partial charge in [0.25, 0.3) is 5.56 Å². The van der Waals surface area contributed by atoms with E-state index in [0.29, 0.717) is 19.0 Å². The fourth-order valence-corrected chi connectivity index (χ4v) is 2.33. The average molecular weight is 303 g/mol. The molecule has 0 fully saturated rings. The van der Waals surface area contributed by atoms with Crippen LogP contribution in [-0.4, -0.2) is 49.1 Å². The van der Waals surface area contributed by atoms with E-state index < -0.39 is 10.2 Å². The van der Waals surface area contributed by atoms with Crippen molar-refractivity contribution in [3.63, 3.8) is 0 Å². The van der Waals surface area contributed by atoms with E-state index in [4.69, 9.17) is 0 Å². The van der Waals surface area contributed by atoms with Crippen molar-refractivity contribution in [2.45, 2.75) is 26.3 Å². The Kier molecular flexibility index (Phi) is 6.11. The number of hydrogen-bond donors (Lipinski definition) is 3. The van der Waals surface area contributed by atoms with Crippen molar-refractivity contribution in [2.24, 2.45) is 0 Å². The number of H-pyrrole nitrogens is 1. The molecule has 0 atom stereocenters. The first kappa shape index (κ1) is 16.6. The molecule has 20 heavy (non-hydrogen) atoms. The van der Waals surface area contributed by atoms with Crippen LogP contribution < -0.4 is 15.6 Å². The van der Waals surface area contributed by atoms with Gasteiger partial charge in [-0.3, -0.25) is 9.52 Å². The van der Waals surface area contributed by atoms with E-state index in [9.17, 15) is 13.2 Å². The number of aromatic amines is 1. The van der Waals surface area contributed by atoms with Crippen molar-refractivity contribution in [2.75, 3.05) is 24.9 Å². The third-order valence-electron chi connectivity index (χ3n) is 2.53. The predicted octanol–water partition coefficient (Wildman–Crippen LogP) is -0.253. The smallest absolute Gasteiger partial charge is 0.302 e. The quantitative estimate of drug-likeness (QED) is 0.574. The maximum absolute atomic E-state index is 12.0. The fourth-order valence-electron chi connectivity index (χ4n) is 1.42. The van der Waals surface area contributed by atoms with Crippen molar-refractivity contribution in [3.8, 4) is 0 Å². The summed E-state index contributed by atoms with van der Waals surface area (Å²) in [5.41, 5.74) is -0.388. The summed E-state index contributed by atoms with van der Waals surface area (Å²) < 4.78 is 27.5. The van der Waals surface area contributed by atoms with Crippen LogP contribution in [0.2, 0.25) is 0 Å². The van der Waals surface area contributed by atoms with Crippen molar-refractivity contribution in [1.29, 1.82) is 0 Å². The molecule has 8 nitrogen and oxygen atoms in total. The molecule has 1 aromatic heterocycles. The van der Waals surface area contributed by atoms with Gasteiger partial charge in [-0.1, -0.05) is 13.8 Å². The van der Waals surface area contributed by atoms with Crippen LogP contribution in [0.15, 0.2) is 16.9 Å². The van der Waals surface area contributed by atoms with Gasteiger partial charge in [0, 0.05) is 25.7 Å². The molecule has 0 radical (unpaired) electrons. The summed E-state index contributed by atoms with van der Waals surface area (Å²) in [5, 5.41) is 8.98. The van der Waals surface area contributed by atoms with Crippen molar-refractivity contribution < 1.29 is 8.42 Å². The Balaban J connectivity index is 2.50. The minimum Gasteiger partial charge on any atom is -0.314 e. The highest BCUT2D eigenvalue weighted by Gasteiger charge is 2.17. The number of aromatic nitrogens is 2. The summed E-state index contributed by atoms with van der Waals surface area (Å²) >= 11 is 0. The van der Waals surface area contributed by atoms with E-state index in [2.05, 4.69) is 20.2 Å². The van der Waals surface area contributed by atoms with Gasteiger partial charge >= 0.3 is 10.2 Å². The van der Waals surface area contributed by atoms with E-state index in [0.717, 1.165) is 6.54 Å². The third kappa shape index (κ3) is 5.68. The monoisotopic (exact) mass is 303 g/mol. The molecule has 0 saturated heterocycles. The van der Waals surface area contributed by atoms with Gasteiger partial charge in [0.2, 0.25) is 0 Å². The highest BCUT2D eigenvalue weighted by Crippen LogP contribution is 2.05. The summed E-state index contributed by atoms with van der Waals surface area (Å²) in [4.78, 5) is 10.8. The summed E-state index contributed by atoms with van der Waals surface area (Å²) in [6, 6.07) is 2.89. The van der Waals surface area contributed by atoms with Crippen molar-refractivity contribution in [3.05, 3.63) is 22.5 Å². The number of hydrogen-bond acceptors (Lipinski definition) is 5. The molecule has 0 unspecified atom stereocenters. The zero-order valence-electron chi connectivity index (χ0n) is 11.9. The maximum atomic E-state index is 12.0. The zero-order chi connectivity index (χ0) is 15.2. The van der Waals surface area contributed by atoms with Crippen LogP contribution >= 0.6 is 0 Å². The van der Waals surface area contributed by atoms with Crippen LogP contribution in [0.1, 0.15) is 20.3 Å². The molecule has 0 aliphatic rings. The topological polar surface area (TPSA) is 107 Å². The van der Waals surface area contributed by atoms with E-state index in [1.807, 2.05) is 13.8 Å². The van der Waals surface area contributed by atoms with Crippen LogP contribution in [0, 0.1) is 0 Å². The molecule has 1 rings (SSSR count). The molecule has 0 saturated carbocycles. The molecule has 0 aliphatic carbocycles. The SMILES string of the molecule is CC(C)NCCCN(C)S(=O)(=O)Nc1ccc(=O)[nH]n1. The number of rotatable bonds is 8. The second kappa shape index (κ2) is 7.36. The maximum Gasteiger partial charge on any atom is 0.302 e. The lowest BCUT2D eigenvalue weighted by molar-refractivity contribution is 0.451. The van der Waals surface area contributed by atoms with Gasteiger partial charge in [0.15, 0.2) is 5.82 Å². The van der Waals surface area contributed by atoms with Gasteiger partial charge in [0.05, 0.1) is 0 Å². The summed E-state index contributed by atoms with van der Waals surface area (Å²) in [6.45, 7) is 5.19. The lowest BCUT2D eigenvalue weighted by Gasteiger charge is -2.18. The first-order valence-electron chi connectivity index (χ1n) is 6.34. The summed E-state index contributed by atoms with van der Waals surface area (Å²) in [6.07, 6.45) is 0.703. The number of nitrogens with one attached hydrogen (secondary N) is 3. The fraction of sp³-hybridized carbons (Fsp3) is 0.636. The van der Waals surface area contributed by atoms with Gasteiger partial charge in [-0.15, -0.1) is 0 Å². The minimum absolute atomic E-state index is 0.0803. The van der Waals surface area contributed by atoms with Gasteiger partial charge < -0.3 is 5.32 Å². The van der Waals surface area contributed by atoms with Crippen LogP contribution in [0.25, 0.3) is 0 Å². The Morgan fingerprint density at radius 3 is 2.65 bits per heavy atom. The third-order valence-corrected chi connectivity index (χ3v) is 4.00. The van der Waals surface area contributed by atoms with E-state index in [-0.39, 0.29) is 11.4 Å². The highest BCUT2D eigenvalue weighted by molar-refractivity contribution is 7.90. The van der Waals surface area contributed by atoms with Crippen molar-refractivity contribution in [1.82, 2.24) is 19.8 Å². The Bertz CT molecular complexity index is 549. The van der Waals surface area contributed by atoms with E-state index in [1.54, 1.807) is 0 Å². The lowest BCUT2D eigenvalue weighted by atomic mass is 10.3. The minimum atomic E-state index is -3.66. The molecule has 0 aromatic carbocycles. The highest BCUT2D eigenvalue weighted by atomic mass is 32.2. The Hall–Kier alpha value is -1.45. The molecule has 0 aliphatic heterocycles. The van der Waals surface area contributed by atoms with Crippen LogP contribution in [0.4, 0.5) is 5.82 Å². The van der Waals surface area contributed by atoms with Crippen LogP contribution in [0.5, 0.6) is 0 Å². The van der Waals surface area contributed by atoms with Gasteiger partial charge in [-0.2, -0.15) is 17.8 Å². The van der Waals surface area contributed by atoms with Gasteiger partial charge in [-0.05, 0) is 19.0 Å². The number of nitrogens with zero attached hydrogens (tertiary/aromatic N) is 2. The van der Waals surface area contributed by atoms with E-state index >= 15 is 0 Å². The Labute approximate surface area is 118 Å². The predicted molar refractivity (Wildman–Crippen MR) is 77.8 cm³/mol. The molecular formula is C11H21N5O3S. The first-order valence-corrected chi connectivity index (χ1v) is 7.78. The largest absolute Gasteiger partial charge is 0.314 e. The molecule has 9 heteroatoms.